The van der Waals surface area contributed by atoms with Crippen LogP contribution in [0.5, 0.6) is 0 Å². The van der Waals surface area contributed by atoms with Crippen LogP contribution in [-0.2, 0) is 16.0 Å². The summed E-state index contributed by atoms with van der Waals surface area (Å²) in [5, 5.41) is 16.2. The summed E-state index contributed by atoms with van der Waals surface area (Å²) in [5.41, 5.74) is 2.06. The number of carbonyl (C=O) groups is 2. The maximum atomic E-state index is 13.2. The summed E-state index contributed by atoms with van der Waals surface area (Å²) < 4.78 is 0. The molecule has 0 spiro atoms. The van der Waals surface area contributed by atoms with Crippen molar-refractivity contribution in [3.05, 3.63) is 75.3 Å². The van der Waals surface area contributed by atoms with Crippen LogP contribution in [0, 0.1) is 10.1 Å². The van der Waals surface area contributed by atoms with Crippen molar-refractivity contribution in [2.75, 3.05) is 37.6 Å². The zero-order valence-corrected chi connectivity index (χ0v) is 19.8. The second-order valence-electron chi connectivity index (χ2n) is 7.86. The van der Waals surface area contributed by atoms with Crippen molar-refractivity contribution in [1.82, 2.24) is 10.2 Å². The number of nitro groups is 1. The van der Waals surface area contributed by atoms with Gasteiger partial charge in [-0.05, 0) is 36.3 Å². The molecule has 9 nitrogen and oxygen atoms in total. The molecular formula is C23H24ClN5O4S. The Hall–Kier alpha value is -3.34. The lowest BCUT2D eigenvalue weighted by molar-refractivity contribution is -0.655. The van der Waals surface area contributed by atoms with E-state index < -0.39 is 16.7 Å². The number of halogens is 1. The van der Waals surface area contributed by atoms with E-state index in [0.29, 0.717) is 18.5 Å². The van der Waals surface area contributed by atoms with Crippen molar-refractivity contribution in [2.45, 2.75) is 6.42 Å². The number of nitrogens with one attached hydrogen (secondary N) is 1. The van der Waals surface area contributed by atoms with Crippen LogP contribution in [0.1, 0.15) is 11.1 Å². The van der Waals surface area contributed by atoms with Crippen LogP contribution in [0.25, 0.3) is 6.08 Å². The number of benzene rings is 2. The van der Waals surface area contributed by atoms with Crippen molar-refractivity contribution in [3.63, 3.8) is 0 Å². The van der Waals surface area contributed by atoms with Gasteiger partial charge in [-0.15, -0.1) is 0 Å². The monoisotopic (exact) mass is 501 g/mol. The number of rotatable bonds is 6. The number of hydrogen-bond donors (Lipinski definition) is 2. The van der Waals surface area contributed by atoms with E-state index in [1.165, 1.54) is 23.1 Å². The van der Waals surface area contributed by atoms with E-state index in [1.54, 1.807) is 6.07 Å². The van der Waals surface area contributed by atoms with Gasteiger partial charge in [0.2, 0.25) is 0 Å². The van der Waals surface area contributed by atoms with Gasteiger partial charge in [-0.25, -0.2) is 0 Å². The zero-order chi connectivity index (χ0) is 23.4. The minimum Gasteiger partial charge on any atom is -1.00 e. The van der Waals surface area contributed by atoms with E-state index in [9.17, 15) is 19.7 Å². The molecule has 2 saturated heterocycles. The van der Waals surface area contributed by atoms with Gasteiger partial charge in [0.15, 0.2) is 5.11 Å². The Balaban J connectivity index is 0.00000324. The molecule has 0 atom stereocenters. The first-order chi connectivity index (χ1) is 15.9. The molecule has 2 aliphatic heterocycles. The molecule has 178 valence electrons. The van der Waals surface area contributed by atoms with E-state index >= 15 is 0 Å². The third-order valence-corrected chi connectivity index (χ3v) is 6.04. The van der Waals surface area contributed by atoms with Crippen molar-refractivity contribution in [3.8, 4) is 0 Å². The smallest absolute Gasteiger partial charge is 0.270 e. The predicted octanol–water partition coefficient (Wildman–Crippen LogP) is -2.15. The maximum absolute atomic E-state index is 13.2. The first-order valence-electron chi connectivity index (χ1n) is 10.7. The minimum atomic E-state index is -0.606. The molecule has 0 bridgehead atoms. The number of non-ortho nitro benzene ring substituents is 1. The molecule has 34 heavy (non-hydrogen) atoms. The van der Waals surface area contributed by atoms with Gasteiger partial charge in [0, 0.05) is 29.9 Å². The second kappa shape index (κ2) is 11.2. The van der Waals surface area contributed by atoms with Gasteiger partial charge in [0.1, 0.15) is 5.57 Å². The SMILES string of the molecule is O=C1NC(=S)N(CCc2ccccc2)C(=O)/C1=C\c1cc([N+](=O)[O-])ccc1N1CC[NH2+]CC1.[Cl-]. The third-order valence-electron chi connectivity index (χ3n) is 5.72. The van der Waals surface area contributed by atoms with Gasteiger partial charge in [0.25, 0.3) is 17.5 Å². The summed E-state index contributed by atoms with van der Waals surface area (Å²) in [7, 11) is 0. The molecule has 2 aliphatic rings. The zero-order valence-electron chi connectivity index (χ0n) is 18.3. The highest BCUT2D eigenvalue weighted by Crippen LogP contribution is 2.29. The number of quaternary nitrogens is 1. The molecule has 4 rings (SSSR count). The number of nitrogens with two attached hydrogens (primary N) is 1. The molecule has 0 radical (unpaired) electrons. The highest BCUT2D eigenvalue weighted by Gasteiger charge is 2.33. The first-order valence-corrected chi connectivity index (χ1v) is 11.1. The molecule has 2 fully saturated rings. The minimum absolute atomic E-state index is 0. The van der Waals surface area contributed by atoms with Crippen LogP contribution in [0.4, 0.5) is 11.4 Å². The van der Waals surface area contributed by atoms with Crippen molar-refractivity contribution < 1.29 is 32.2 Å². The molecular weight excluding hydrogens is 478 g/mol. The van der Waals surface area contributed by atoms with Crippen LogP contribution in [0.15, 0.2) is 54.1 Å². The molecule has 0 saturated carbocycles. The molecule has 3 N–H and O–H groups in total. The fraction of sp³-hybridized carbons (Fsp3) is 0.261. The second-order valence-corrected chi connectivity index (χ2v) is 8.25. The molecule has 0 aliphatic carbocycles. The highest BCUT2D eigenvalue weighted by atomic mass is 35.5. The number of thiocarbonyl (C=S) groups is 1. The summed E-state index contributed by atoms with van der Waals surface area (Å²) in [5.74, 6) is -1.12. The van der Waals surface area contributed by atoms with E-state index in [1.807, 2.05) is 30.3 Å². The van der Waals surface area contributed by atoms with Crippen molar-refractivity contribution in [2.24, 2.45) is 0 Å². The predicted molar refractivity (Wildman–Crippen MR) is 128 cm³/mol. The fourth-order valence-electron chi connectivity index (χ4n) is 3.99. The number of hydrogen-bond acceptors (Lipinski definition) is 6. The Morgan fingerprint density at radius 2 is 1.82 bits per heavy atom. The quantitative estimate of drug-likeness (QED) is 0.153. The highest BCUT2D eigenvalue weighted by molar-refractivity contribution is 7.80. The van der Waals surface area contributed by atoms with E-state index in [2.05, 4.69) is 15.5 Å². The van der Waals surface area contributed by atoms with Gasteiger partial charge in [-0.2, -0.15) is 0 Å². The molecule has 2 aromatic carbocycles. The topological polar surface area (TPSA) is 112 Å². The van der Waals surface area contributed by atoms with Crippen LogP contribution >= 0.6 is 12.2 Å². The van der Waals surface area contributed by atoms with Gasteiger partial charge >= 0.3 is 0 Å². The number of nitro benzene ring substituents is 1. The van der Waals surface area contributed by atoms with E-state index in [0.717, 1.165) is 37.4 Å². The normalized spacial score (nSPS) is 17.4. The van der Waals surface area contributed by atoms with E-state index in [4.69, 9.17) is 12.2 Å². The summed E-state index contributed by atoms with van der Waals surface area (Å²) in [6.07, 6.45) is 2.01. The number of nitrogens with zero attached hydrogens (tertiary/aromatic N) is 3. The van der Waals surface area contributed by atoms with Gasteiger partial charge in [0.05, 0.1) is 31.1 Å². The van der Waals surface area contributed by atoms with Crippen LogP contribution in [-0.4, -0.2) is 59.5 Å². The largest absolute Gasteiger partial charge is 1.00 e. The Labute approximate surface area is 208 Å². The lowest BCUT2D eigenvalue weighted by Crippen LogP contribution is -3.00. The maximum Gasteiger partial charge on any atom is 0.270 e. The first kappa shape index (κ1) is 25.3. The molecule has 2 aromatic rings. The molecule has 2 heterocycles. The molecule has 2 amide bonds. The van der Waals surface area contributed by atoms with Crippen LogP contribution < -0.4 is 27.9 Å². The fourth-order valence-corrected chi connectivity index (χ4v) is 4.26. The Morgan fingerprint density at radius 3 is 2.50 bits per heavy atom. The summed E-state index contributed by atoms with van der Waals surface area (Å²) in [6, 6.07) is 14.2. The van der Waals surface area contributed by atoms with Crippen molar-refractivity contribution >= 4 is 46.6 Å². The van der Waals surface area contributed by atoms with Crippen LogP contribution in [0.2, 0.25) is 0 Å². The average molecular weight is 502 g/mol. The summed E-state index contributed by atoms with van der Waals surface area (Å²) in [4.78, 5) is 40.3. The lowest BCUT2D eigenvalue weighted by Gasteiger charge is -2.30. The van der Waals surface area contributed by atoms with Gasteiger partial charge < -0.3 is 22.6 Å². The lowest BCUT2D eigenvalue weighted by atomic mass is 10.0. The standard InChI is InChI=1S/C23H23N5O4S.ClH/c29-21-19(22(30)27(23(33)25-21)11-8-16-4-2-1-3-5-16)15-17-14-18(28(31)32)6-7-20(17)26-12-9-24-10-13-26;/h1-7,14-15,24H,8-13H2,(H,25,29,33);1H/b19-15-;. The van der Waals surface area contributed by atoms with Crippen LogP contribution in [0.3, 0.4) is 0 Å². The Bertz CT molecular complexity index is 1140. The Kier molecular flexibility index (Phi) is 8.32. The molecule has 0 unspecified atom stereocenters. The summed E-state index contributed by atoms with van der Waals surface area (Å²) >= 11 is 5.24. The number of anilines is 1. The Morgan fingerprint density at radius 1 is 1.12 bits per heavy atom. The number of piperazine rings is 1. The number of carbonyl (C=O) groups excluding carboxylic acids is 2. The van der Waals surface area contributed by atoms with Gasteiger partial charge in [-0.1, -0.05) is 30.3 Å². The molecule has 11 heteroatoms. The average Bonchev–Trinajstić information content (AvgIpc) is 2.82. The van der Waals surface area contributed by atoms with Gasteiger partial charge in [-0.3, -0.25) is 29.9 Å². The summed E-state index contributed by atoms with van der Waals surface area (Å²) in [6.45, 7) is 3.63. The molecule has 0 aromatic heterocycles. The third kappa shape index (κ3) is 5.58. The van der Waals surface area contributed by atoms with E-state index in [-0.39, 0.29) is 28.8 Å². The number of amides is 2. The van der Waals surface area contributed by atoms with Crippen molar-refractivity contribution in [1.29, 1.82) is 0 Å².